The van der Waals surface area contributed by atoms with E-state index in [1.165, 1.54) is 0 Å². The van der Waals surface area contributed by atoms with Crippen LogP contribution in [0.25, 0.3) is 0 Å². The fraction of sp³-hybridized carbons (Fsp3) is 0.444. The predicted octanol–water partition coefficient (Wildman–Crippen LogP) is 2.37. The molecule has 0 amide bonds. The Morgan fingerprint density at radius 2 is 1.91 bits per heavy atom. The topological polar surface area (TPSA) is 12.4 Å². The standard InChI is InChI=1S/C9H16BN/c1-6-8(11-7-2)10-9(3,4)5/h6-7,10H,1-2H2,3-5H3/b11-8+. The van der Waals surface area contributed by atoms with Crippen LogP contribution in [0.3, 0.4) is 0 Å². The highest BCUT2D eigenvalue weighted by Gasteiger charge is 2.14. The maximum Gasteiger partial charge on any atom is 0.187 e. The van der Waals surface area contributed by atoms with Gasteiger partial charge in [-0.1, -0.05) is 45.3 Å². The van der Waals surface area contributed by atoms with Crippen molar-refractivity contribution in [1.29, 1.82) is 0 Å². The van der Waals surface area contributed by atoms with Crippen molar-refractivity contribution in [3.63, 3.8) is 0 Å². The van der Waals surface area contributed by atoms with E-state index in [0.29, 0.717) is 0 Å². The maximum absolute atomic E-state index is 4.09. The predicted molar refractivity (Wildman–Crippen MR) is 54.7 cm³/mol. The molecule has 0 atom stereocenters. The summed E-state index contributed by atoms with van der Waals surface area (Å²) in [6.07, 6.45) is 3.34. The zero-order chi connectivity index (χ0) is 8.91. The summed E-state index contributed by atoms with van der Waals surface area (Å²) in [5.41, 5.74) is 1.01. The van der Waals surface area contributed by atoms with E-state index in [1.54, 1.807) is 12.3 Å². The molecule has 0 aliphatic rings. The lowest BCUT2D eigenvalue weighted by molar-refractivity contribution is 0.761. The normalized spacial score (nSPS) is 12.5. The van der Waals surface area contributed by atoms with E-state index < -0.39 is 0 Å². The monoisotopic (exact) mass is 149 g/mol. The van der Waals surface area contributed by atoms with Crippen LogP contribution in [-0.2, 0) is 0 Å². The van der Waals surface area contributed by atoms with E-state index in [9.17, 15) is 0 Å². The average molecular weight is 149 g/mol. The van der Waals surface area contributed by atoms with Crippen molar-refractivity contribution in [2.24, 2.45) is 4.99 Å². The van der Waals surface area contributed by atoms with Gasteiger partial charge in [0.2, 0.25) is 0 Å². The molecule has 0 radical (unpaired) electrons. The average Bonchev–Trinajstić information content (AvgIpc) is 1.84. The number of hydrogen-bond donors (Lipinski definition) is 0. The molecule has 1 nitrogen and oxygen atoms in total. The van der Waals surface area contributed by atoms with Gasteiger partial charge in [-0.2, -0.15) is 0 Å². The molecule has 0 aromatic heterocycles. The molecule has 0 aliphatic carbocycles. The van der Waals surface area contributed by atoms with Crippen LogP contribution in [0.5, 0.6) is 0 Å². The quantitative estimate of drug-likeness (QED) is 0.431. The minimum atomic E-state index is 0.274. The van der Waals surface area contributed by atoms with Crippen molar-refractivity contribution in [1.82, 2.24) is 0 Å². The van der Waals surface area contributed by atoms with Crippen LogP contribution in [0.15, 0.2) is 30.4 Å². The van der Waals surface area contributed by atoms with Gasteiger partial charge in [0.1, 0.15) is 0 Å². The zero-order valence-electron chi connectivity index (χ0n) is 7.72. The summed E-state index contributed by atoms with van der Waals surface area (Å²) in [7, 11) is 0.947. The Morgan fingerprint density at radius 1 is 1.36 bits per heavy atom. The SMILES string of the molecule is C=C/N=C(/BC(C)(C)C)C=C. The van der Waals surface area contributed by atoms with Gasteiger partial charge in [-0.25, -0.2) is 0 Å². The number of rotatable bonds is 3. The molecule has 0 aromatic carbocycles. The second-order valence-electron chi connectivity index (χ2n) is 3.74. The summed E-state index contributed by atoms with van der Waals surface area (Å²) in [5.74, 6) is 0. The highest BCUT2D eigenvalue weighted by Crippen LogP contribution is 2.20. The van der Waals surface area contributed by atoms with Gasteiger partial charge in [0, 0.05) is 6.20 Å². The second kappa shape index (κ2) is 4.17. The van der Waals surface area contributed by atoms with Crippen LogP contribution >= 0.6 is 0 Å². The molecule has 0 rings (SSSR count). The molecule has 11 heavy (non-hydrogen) atoms. The van der Waals surface area contributed by atoms with E-state index in [1.807, 2.05) is 0 Å². The van der Waals surface area contributed by atoms with E-state index >= 15 is 0 Å². The molecular weight excluding hydrogens is 133 g/mol. The molecule has 0 spiro atoms. The second-order valence-corrected chi connectivity index (χ2v) is 3.74. The number of nitrogens with zero attached hydrogens (tertiary/aromatic N) is 1. The van der Waals surface area contributed by atoms with Gasteiger partial charge in [0.05, 0.1) is 0 Å². The van der Waals surface area contributed by atoms with Gasteiger partial charge in [0.25, 0.3) is 0 Å². The van der Waals surface area contributed by atoms with Crippen LogP contribution in [0, 0.1) is 0 Å². The van der Waals surface area contributed by atoms with Gasteiger partial charge in [-0.05, 0) is 5.61 Å². The summed E-state index contributed by atoms with van der Waals surface area (Å²) >= 11 is 0. The Hall–Kier alpha value is -0.785. The third kappa shape index (κ3) is 5.65. The van der Waals surface area contributed by atoms with E-state index in [2.05, 4.69) is 38.9 Å². The number of aliphatic imine (C=N–C) groups is 1. The molecule has 0 fully saturated rings. The van der Waals surface area contributed by atoms with Crippen LogP contribution in [0.1, 0.15) is 20.8 Å². The summed E-state index contributed by atoms with van der Waals surface area (Å²) in [6, 6.07) is 0. The van der Waals surface area contributed by atoms with Gasteiger partial charge in [-0.15, -0.1) is 0 Å². The summed E-state index contributed by atoms with van der Waals surface area (Å²) in [6.45, 7) is 13.8. The molecule has 0 aliphatic heterocycles. The fourth-order valence-corrected chi connectivity index (χ4v) is 0.831. The lowest BCUT2D eigenvalue weighted by Gasteiger charge is -2.15. The lowest BCUT2D eigenvalue weighted by atomic mass is 9.52. The molecule has 60 valence electrons. The molecule has 0 saturated carbocycles. The van der Waals surface area contributed by atoms with Gasteiger partial charge in [-0.3, -0.25) is 4.99 Å². The molecule has 0 aromatic rings. The maximum atomic E-state index is 4.09. The highest BCUT2D eigenvalue weighted by atomic mass is 14.7. The Kier molecular flexibility index (Phi) is 3.87. The first-order valence-electron chi connectivity index (χ1n) is 3.79. The van der Waals surface area contributed by atoms with Gasteiger partial charge >= 0.3 is 0 Å². The first kappa shape index (κ1) is 10.2. The molecule has 0 bridgehead atoms. The van der Waals surface area contributed by atoms with E-state index in [4.69, 9.17) is 0 Å². The number of hydrogen-bond acceptors (Lipinski definition) is 1. The Morgan fingerprint density at radius 3 is 2.18 bits per heavy atom. The Bertz CT molecular complexity index is 174. The molecule has 0 saturated heterocycles. The Balaban J connectivity index is 4.20. The first-order chi connectivity index (χ1) is 4.99. The summed E-state index contributed by atoms with van der Waals surface area (Å²) < 4.78 is 0. The van der Waals surface area contributed by atoms with Gasteiger partial charge < -0.3 is 0 Å². The zero-order valence-corrected chi connectivity index (χ0v) is 7.72. The van der Waals surface area contributed by atoms with Crippen molar-refractivity contribution in [2.45, 2.75) is 26.1 Å². The molecule has 0 N–H and O–H groups in total. The third-order valence-corrected chi connectivity index (χ3v) is 1.20. The van der Waals surface area contributed by atoms with Crippen LogP contribution in [0.2, 0.25) is 5.31 Å². The molecular formula is C9H16BN. The van der Waals surface area contributed by atoms with Crippen LogP contribution in [-0.4, -0.2) is 12.9 Å². The fourth-order valence-electron chi connectivity index (χ4n) is 0.831. The van der Waals surface area contributed by atoms with Crippen molar-refractivity contribution in [3.05, 3.63) is 25.4 Å². The largest absolute Gasteiger partial charge is 0.272 e. The molecule has 0 heterocycles. The molecule has 2 heteroatoms. The third-order valence-electron chi connectivity index (χ3n) is 1.20. The summed E-state index contributed by atoms with van der Waals surface area (Å²) in [4.78, 5) is 4.09. The highest BCUT2D eigenvalue weighted by molar-refractivity contribution is 6.79. The minimum Gasteiger partial charge on any atom is -0.272 e. The smallest absolute Gasteiger partial charge is 0.187 e. The van der Waals surface area contributed by atoms with Crippen LogP contribution in [0.4, 0.5) is 0 Å². The van der Waals surface area contributed by atoms with Crippen molar-refractivity contribution >= 4 is 12.9 Å². The summed E-state index contributed by atoms with van der Waals surface area (Å²) in [5, 5.41) is 0.274. The lowest BCUT2D eigenvalue weighted by Crippen LogP contribution is -2.17. The van der Waals surface area contributed by atoms with Crippen molar-refractivity contribution < 1.29 is 0 Å². The van der Waals surface area contributed by atoms with E-state index in [-0.39, 0.29) is 5.31 Å². The van der Waals surface area contributed by atoms with Crippen LogP contribution < -0.4 is 0 Å². The first-order valence-corrected chi connectivity index (χ1v) is 3.79. The number of allylic oxidation sites excluding steroid dienone is 1. The Labute approximate surface area is 70.2 Å². The van der Waals surface area contributed by atoms with Crippen molar-refractivity contribution in [3.8, 4) is 0 Å². The van der Waals surface area contributed by atoms with Crippen molar-refractivity contribution in [2.75, 3.05) is 0 Å². The van der Waals surface area contributed by atoms with Gasteiger partial charge in [0.15, 0.2) is 7.28 Å². The molecule has 0 unspecified atom stereocenters. The minimum absolute atomic E-state index is 0.274. The van der Waals surface area contributed by atoms with E-state index in [0.717, 1.165) is 12.9 Å².